The quantitative estimate of drug-likeness (QED) is 0.857. The third kappa shape index (κ3) is 4.91. The first kappa shape index (κ1) is 15.0. The number of carbonyl (C=O) groups excluding carboxylic acids is 1. The van der Waals surface area contributed by atoms with Gasteiger partial charge in [-0.05, 0) is 43.2 Å². The number of hydrogen-bond donors (Lipinski definition) is 2. The van der Waals surface area contributed by atoms with Crippen LogP contribution in [0.2, 0.25) is 0 Å². The van der Waals surface area contributed by atoms with Crippen molar-refractivity contribution in [3.63, 3.8) is 0 Å². The van der Waals surface area contributed by atoms with E-state index in [-0.39, 0.29) is 5.91 Å². The van der Waals surface area contributed by atoms with Gasteiger partial charge in [-0.25, -0.2) is 0 Å². The number of hydrogen-bond acceptors (Lipinski definition) is 3. The lowest BCUT2D eigenvalue weighted by Crippen LogP contribution is -2.25. The van der Waals surface area contributed by atoms with Gasteiger partial charge in [0.25, 0.3) is 0 Å². The molecule has 21 heavy (non-hydrogen) atoms. The minimum atomic E-state index is 0.0264. The lowest BCUT2D eigenvalue weighted by atomic mass is 10.1. The van der Waals surface area contributed by atoms with Gasteiger partial charge < -0.3 is 10.6 Å². The summed E-state index contributed by atoms with van der Waals surface area (Å²) in [7, 11) is 0. The predicted molar refractivity (Wildman–Crippen MR) is 85.1 cm³/mol. The topological polar surface area (TPSA) is 54.0 Å². The molecule has 0 saturated carbocycles. The van der Waals surface area contributed by atoms with Crippen LogP contribution in [0.5, 0.6) is 0 Å². The summed E-state index contributed by atoms with van der Waals surface area (Å²) >= 11 is 0. The van der Waals surface area contributed by atoms with Crippen LogP contribution in [0, 0.1) is 13.8 Å². The zero-order valence-electron chi connectivity index (χ0n) is 12.5. The van der Waals surface area contributed by atoms with E-state index in [1.54, 1.807) is 6.20 Å². The first-order valence-corrected chi connectivity index (χ1v) is 7.13. The fourth-order valence-electron chi connectivity index (χ4n) is 2.02. The Hall–Kier alpha value is -2.36. The molecule has 0 aliphatic carbocycles. The smallest absolute Gasteiger partial charge is 0.222 e. The number of carbonyl (C=O) groups is 1. The highest BCUT2D eigenvalue weighted by Gasteiger charge is 2.03. The molecule has 2 aromatic rings. The van der Waals surface area contributed by atoms with Crippen LogP contribution in [0.4, 0.5) is 5.69 Å². The number of benzene rings is 1. The summed E-state index contributed by atoms with van der Waals surface area (Å²) in [4.78, 5) is 15.9. The van der Waals surface area contributed by atoms with Crippen LogP contribution in [0.25, 0.3) is 0 Å². The van der Waals surface area contributed by atoms with Crippen LogP contribution in [-0.4, -0.2) is 17.4 Å². The predicted octanol–water partition coefficient (Wildman–Crippen LogP) is 2.82. The molecule has 0 unspecified atom stereocenters. The van der Waals surface area contributed by atoms with Crippen molar-refractivity contribution in [2.75, 3.05) is 11.9 Å². The number of aromatic nitrogens is 1. The van der Waals surface area contributed by atoms with Gasteiger partial charge >= 0.3 is 0 Å². The van der Waals surface area contributed by atoms with E-state index in [0.717, 1.165) is 11.4 Å². The normalized spacial score (nSPS) is 10.2. The molecule has 4 nitrogen and oxygen atoms in total. The number of anilines is 1. The second kappa shape index (κ2) is 7.43. The molecule has 110 valence electrons. The number of nitrogens with one attached hydrogen (secondary N) is 2. The molecule has 1 aromatic heterocycles. The number of pyridine rings is 1. The molecule has 1 heterocycles. The van der Waals surface area contributed by atoms with Gasteiger partial charge in [-0.3, -0.25) is 9.78 Å². The van der Waals surface area contributed by atoms with E-state index in [9.17, 15) is 4.79 Å². The maximum atomic E-state index is 11.8. The van der Waals surface area contributed by atoms with Gasteiger partial charge in [0.2, 0.25) is 5.91 Å². The highest BCUT2D eigenvalue weighted by molar-refractivity contribution is 5.76. The Kier molecular flexibility index (Phi) is 5.32. The van der Waals surface area contributed by atoms with Crippen LogP contribution in [0.15, 0.2) is 42.6 Å². The summed E-state index contributed by atoms with van der Waals surface area (Å²) in [6.45, 7) is 5.22. The molecule has 0 saturated heterocycles. The standard InChI is InChI=1S/C17H21N3O/c1-13-6-7-14(2)16(11-13)19-10-8-17(21)20-12-15-5-3-4-9-18-15/h3-7,9,11,19H,8,10,12H2,1-2H3,(H,20,21). The highest BCUT2D eigenvalue weighted by Crippen LogP contribution is 2.15. The van der Waals surface area contributed by atoms with E-state index in [1.165, 1.54) is 11.1 Å². The summed E-state index contributed by atoms with van der Waals surface area (Å²) in [5.41, 5.74) is 4.36. The number of amides is 1. The van der Waals surface area contributed by atoms with E-state index >= 15 is 0 Å². The second-order valence-electron chi connectivity index (χ2n) is 5.09. The third-order valence-electron chi connectivity index (χ3n) is 3.25. The molecule has 0 aliphatic rings. The molecular weight excluding hydrogens is 262 g/mol. The van der Waals surface area contributed by atoms with E-state index in [4.69, 9.17) is 0 Å². The van der Waals surface area contributed by atoms with E-state index in [1.807, 2.05) is 18.2 Å². The van der Waals surface area contributed by atoms with Gasteiger partial charge in [-0.15, -0.1) is 0 Å². The molecule has 0 radical (unpaired) electrons. The molecule has 4 heteroatoms. The van der Waals surface area contributed by atoms with Crippen molar-refractivity contribution in [1.29, 1.82) is 0 Å². The van der Waals surface area contributed by atoms with Gasteiger partial charge in [0.15, 0.2) is 0 Å². The Labute approximate surface area is 125 Å². The van der Waals surface area contributed by atoms with Crippen molar-refractivity contribution in [3.8, 4) is 0 Å². The molecule has 0 spiro atoms. The van der Waals surface area contributed by atoms with Crippen molar-refractivity contribution in [2.24, 2.45) is 0 Å². The van der Waals surface area contributed by atoms with Gasteiger partial charge in [-0.1, -0.05) is 18.2 Å². The number of nitrogens with zero attached hydrogens (tertiary/aromatic N) is 1. The average Bonchev–Trinajstić information content (AvgIpc) is 2.50. The van der Waals surface area contributed by atoms with E-state index in [0.29, 0.717) is 19.5 Å². The van der Waals surface area contributed by atoms with Crippen LogP contribution in [0.3, 0.4) is 0 Å². The van der Waals surface area contributed by atoms with Crippen molar-refractivity contribution >= 4 is 11.6 Å². The largest absolute Gasteiger partial charge is 0.384 e. The fraction of sp³-hybridized carbons (Fsp3) is 0.294. The maximum Gasteiger partial charge on any atom is 0.222 e. The van der Waals surface area contributed by atoms with E-state index < -0.39 is 0 Å². The fourth-order valence-corrected chi connectivity index (χ4v) is 2.02. The van der Waals surface area contributed by atoms with Crippen LogP contribution in [-0.2, 0) is 11.3 Å². The monoisotopic (exact) mass is 283 g/mol. The van der Waals surface area contributed by atoms with Crippen LogP contribution < -0.4 is 10.6 Å². The Bertz CT molecular complexity index is 596. The van der Waals surface area contributed by atoms with Crippen LogP contribution >= 0.6 is 0 Å². The average molecular weight is 283 g/mol. The number of rotatable bonds is 6. The Balaban J connectivity index is 1.73. The van der Waals surface area contributed by atoms with Crippen LogP contribution in [0.1, 0.15) is 23.2 Å². The Morgan fingerprint density at radius 2 is 2.05 bits per heavy atom. The minimum absolute atomic E-state index is 0.0264. The van der Waals surface area contributed by atoms with Gasteiger partial charge in [0.1, 0.15) is 0 Å². The molecule has 2 rings (SSSR count). The molecule has 2 N–H and O–H groups in total. The molecule has 1 amide bonds. The molecule has 1 aromatic carbocycles. The summed E-state index contributed by atoms with van der Waals surface area (Å²) < 4.78 is 0. The second-order valence-corrected chi connectivity index (χ2v) is 5.09. The first-order chi connectivity index (χ1) is 10.1. The van der Waals surface area contributed by atoms with Crippen molar-refractivity contribution in [2.45, 2.75) is 26.8 Å². The summed E-state index contributed by atoms with van der Waals surface area (Å²) in [6, 6.07) is 11.9. The molecule has 0 atom stereocenters. The number of aryl methyl sites for hydroxylation is 2. The van der Waals surface area contributed by atoms with Crippen molar-refractivity contribution in [3.05, 3.63) is 59.4 Å². The van der Waals surface area contributed by atoms with E-state index in [2.05, 4.69) is 47.7 Å². The van der Waals surface area contributed by atoms with Crippen molar-refractivity contribution < 1.29 is 4.79 Å². The lowest BCUT2D eigenvalue weighted by Gasteiger charge is -2.10. The summed E-state index contributed by atoms with van der Waals surface area (Å²) in [5.74, 6) is 0.0264. The Morgan fingerprint density at radius 3 is 2.81 bits per heavy atom. The van der Waals surface area contributed by atoms with Gasteiger partial charge in [-0.2, -0.15) is 0 Å². The lowest BCUT2D eigenvalue weighted by molar-refractivity contribution is -0.121. The first-order valence-electron chi connectivity index (χ1n) is 7.13. The summed E-state index contributed by atoms with van der Waals surface area (Å²) in [6.07, 6.45) is 2.17. The molecular formula is C17H21N3O. The Morgan fingerprint density at radius 1 is 1.19 bits per heavy atom. The highest BCUT2D eigenvalue weighted by atomic mass is 16.1. The molecule has 0 fully saturated rings. The summed E-state index contributed by atoms with van der Waals surface area (Å²) in [5, 5.41) is 6.18. The zero-order chi connectivity index (χ0) is 15.1. The van der Waals surface area contributed by atoms with Gasteiger partial charge in [0, 0.05) is 24.8 Å². The molecule has 0 aliphatic heterocycles. The SMILES string of the molecule is Cc1ccc(C)c(NCCC(=O)NCc2ccccn2)c1. The maximum absolute atomic E-state index is 11.8. The van der Waals surface area contributed by atoms with Gasteiger partial charge in [0.05, 0.1) is 12.2 Å². The van der Waals surface area contributed by atoms with Crippen molar-refractivity contribution in [1.82, 2.24) is 10.3 Å². The third-order valence-corrected chi connectivity index (χ3v) is 3.25. The molecule has 0 bridgehead atoms. The minimum Gasteiger partial charge on any atom is -0.384 e. The zero-order valence-corrected chi connectivity index (χ0v) is 12.5.